The quantitative estimate of drug-likeness (QED) is 0.802. The lowest BCUT2D eigenvalue weighted by atomic mass is 10.1. The number of fused-ring (bicyclic) bond motifs is 1. The number of hydrogen-bond acceptors (Lipinski definition) is 4. The lowest BCUT2D eigenvalue weighted by Crippen LogP contribution is -2.36. The van der Waals surface area contributed by atoms with Crippen LogP contribution in [0.2, 0.25) is 0 Å². The van der Waals surface area contributed by atoms with Crippen molar-refractivity contribution in [3.8, 4) is 5.75 Å². The minimum absolute atomic E-state index is 0.229. The van der Waals surface area contributed by atoms with Crippen molar-refractivity contribution in [3.63, 3.8) is 0 Å². The molecule has 0 saturated heterocycles. The predicted molar refractivity (Wildman–Crippen MR) is 92.4 cm³/mol. The number of carbonyl (C=O) groups is 1. The van der Waals surface area contributed by atoms with E-state index in [4.69, 9.17) is 0 Å². The van der Waals surface area contributed by atoms with E-state index < -0.39 is 11.5 Å². The molecule has 2 aromatic heterocycles. The largest absolute Gasteiger partial charge is 0.505 e. The van der Waals surface area contributed by atoms with Crippen LogP contribution in [0.3, 0.4) is 0 Å². The third-order valence-corrected chi connectivity index (χ3v) is 3.97. The van der Waals surface area contributed by atoms with E-state index in [1.165, 1.54) is 15.7 Å². The van der Waals surface area contributed by atoms with Crippen molar-refractivity contribution in [1.82, 2.24) is 9.55 Å². The molecule has 1 amide bonds. The number of aromatic hydroxyl groups is 1. The van der Waals surface area contributed by atoms with Gasteiger partial charge in [0.15, 0.2) is 5.75 Å². The number of benzene rings is 1. The van der Waals surface area contributed by atoms with Gasteiger partial charge in [-0.15, -0.1) is 0 Å². The highest BCUT2D eigenvalue weighted by Crippen LogP contribution is 2.26. The van der Waals surface area contributed by atoms with Gasteiger partial charge in [-0.2, -0.15) is 0 Å². The van der Waals surface area contributed by atoms with Gasteiger partial charge in [0.2, 0.25) is 0 Å². The van der Waals surface area contributed by atoms with Crippen LogP contribution in [0.25, 0.3) is 11.0 Å². The molecule has 0 radical (unpaired) electrons. The maximum absolute atomic E-state index is 12.9. The summed E-state index contributed by atoms with van der Waals surface area (Å²) < 4.78 is 1.33. The second-order valence-electron chi connectivity index (χ2n) is 5.34. The van der Waals surface area contributed by atoms with Crippen LogP contribution in [0.4, 0.5) is 5.69 Å². The van der Waals surface area contributed by atoms with E-state index >= 15 is 0 Å². The van der Waals surface area contributed by atoms with E-state index in [1.54, 1.807) is 31.3 Å². The first-order chi connectivity index (χ1) is 11.6. The summed E-state index contributed by atoms with van der Waals surface area (Å²) in [6.07, 6.45) is 1.51. The van der Waals surface area contributed by atoms with E-state index in [2.05, 4.69) is 4.98 Å². The zero-order chi connectivity index (χ0) is 17.3. The molecule has 1 N–H and O–H groups in total. The number of rotatable bonds is 3. The Balaban J connectivity index is 2.22. The van der Waals surface area contributed by atoms with Crippen molar-refractivity contribution < 1.29 is 9.90 Å². The maximum atomic E-state index is 12.9. The standard InChI is InChI=1S/C18H17N3O3/c1-3-21(12-8-5-4-6-9-12)18(24)14-16(22)15-13(10-7-11-19-15)20(2)17(14)23/h4-11,22H,3H2,1-2H3. The average Bonchev–Trinajstić information content (AvgIpc) is 2.61. The van der Waals surface area contributed by atoms with Gasteiger partial charge in [0, 0.05) is 25.5 Å². The SMILES string of the molecule is CCN(C(=O)c1c(O)c2ncccc2n(C)c1=O)c1ccccc1. The number of aryl methyl sites for hydroxylation is 1. The van der Waals surface area contributed by atoms with Crippen molar-refractivity contribution in [2.75, 3.05) is 11.4 Å². The molecule has 6 heteroatoms. The number of aromatic nitrogens is 2. The van der Waals surface area contributed by atoms with Crippen molar-refractivity contribution in [1.29, 1.82) is 0 Å². The zero-order valence-corrected chi connectivity index (χ0v) is 13.4. The second kappa shape index (κ2) is 6.16. The highest BCUT2D eigenvalue weighted by Gasteiger charge is 2.26. The van der Waals surface area contributed by atoms with Gasteiger partial charge in [-0.3, -0.25) is 14.6 Å². The minimum Gasteiger partial charge on any atom is -0.505 e. The minimum atomic E-state index is -0.549. The van der Waals surface area contributed by atoms with Crippen LogP contribution >= 0.6 is 0 Å². The fourth-order valence-corrected chi connectivity index (χ4v) is 2.73. The summed E-state index contributed by atoms with van der Waals surface area (Å²) >= 11 is 0. The van der Waals surface area contributed by atoms with Crippen LogP contribution in [0, 0.1) is 0 Å². The summed E-state index contributed by atoms with van der Waals surface area (Å²) in [5, 5.41) is 10.5. The van der Waals surface area contributed by atoms with Crippen LogP contribution in [0.1, 0.15) is 17.3 Å². The third-order valence-electron chi connectivity index (χ3n) is 3.97. The maximum Gasteiger partial charge on any atom is 0.267 e. The van der Waals surface area contributed by atoms with Gasteiger partial charge in [-0.05, 0) is 31.2 Å². The van der Waals surface area contributed by atoms with Gasteiger partial charge in [0.05, 0.1) is 5.52 Å². The fourth-order valence-electron chi connectivity index (χ4n) is 2.73. The summed E-state index contributed by atoms with van der Waals surface area (Å²) in [6, 6.07) is 12.4. The lowest BCUT2D eigenvalue weighted by molar-refractivity contribution is 0.0984. The lowest BCUT2D eigenvalue weighted by Gasteiger charge is -2.21. The summed E-state index contributed by atoms with van der Waals surface area (Å²) in [6.45, 7) is 2.18. The van der Waals surface area contributed by atoms with Crippen molar-refractivity contribution in [2.45, 2.75) is 6.92 Å². The van der Waals surface area contributed by atoms with Crippen LogP contribution in [0.5, 0.6) is 5.75 Å². The van der Waals surface area contributed by atoms with Gasteiger partial charge >= 0.3 is 0 Å². The normalized spacial score (nSPS) is 10.8. The number of pyridine rings is 2. The molecule has 0 bridgehead atoms. The molecule has 0 aliphatic carbocycles. The molecule has 24 heavy (non-hydrogen) atoms. The molecule has 0 aliphatic heterocycles. The Morgan fingerprint density at radius 2 is 1.92 bits per heavy atom. The Kier molecular flexibility index (Phi) is 4.04. The van der Waals surface area contributed by atoms with Gasteiger partial charge in [0.1, 0.15) is 11.1 Å². The Labute approximate surface area is 138 Å². The average molecular weight is 323 g/mol. The first-order valence-electron chi connectivity index (χ1n) is 7.59. The molecule has 3 rings (SSSR count). The number of para-hydroxylation sites is 1. The second-order valence-corrected chi connectivity index (χ2v) is 5.34. The molecule has 0 saturated carbocycles. The summed E-state index contributed by atoms with van der Waals surface area (Å²) in [4.78, 5) is 31.1. The van der Waals surface area contributed by atoms with Crippen LogP contribution < -0.4 is 10.5 Å². The van der Waals surface area contributed by atoms with Crippen LogP contribution in [-0.4, -0.2) is 27.1 Å². The van der Waals surface area contributed by atoms with E-state index in [0.29, 0.717) is 17.7 Å². The Bertz CT molecular complexity index is 964. The Hall–Kier alpha value is -3.15. The number of carbonyl (C=O) groups excluding carboxylic acids is 1. The summed E-state index contributed by atoms with van der Waals surface area (Å²) in [5.74, 6) is -0.928. The molecule has 0 spiro atoms. The number of hydrogen-bond donors (Lipinski definition) is 1. The van der Waals surface area contributed by atoms with Crippen molar-refractivity contribution >= 4 is 22.6 Å². The monoisotopic (exact) mass is 323 g/mol. The van der Waals surface area contributed by atoms with Crippen molar-refractivity contribution in [2.24, 2.45) is 7.05 Å². The smallest absolute Gasteiger partial charge is 0.267 e. The van der Waals surface area contributed by atoms with Crippen LogP contribution in [0.15, 0.2) is 53.5 Å². The first kappa shape index (κ1) is 15.7. The molecular weight excluding hydrogens is 306 g/mol. The van der Waals surface area contributed by atoms with E-state index in [1.807, 2.05) is 25.1 Å². The molecular formula is C18H17N3O3. The molecule has 122 valence electrons. The van der Waals surface area contributed by atoms with Gasteiger partial charge < -0.3 is 14.6 Å². The van der Waals surface area contributed by atoms with Crippen LogP contribution in [-0.2, 0) is 7.05 Å². The molecule has 0 atom stereocenters. The van der Waals surface area contributed by atoms with E-state index in [9.17, 15) is 14.7 Å². The molecule has 3 aromatic rings. The Morgan fingerprint density at radius 1 is 1.21 bits per heavy atom. The highest BCUT2D eigenvalue weighted by molar-refractivity contribution is 6.09. The van der Waals surface area contributed by atoms with Gasteiger partial charge in [-0.25, -0.2) is 0 Å². The van der Waals surface area contributed by atoms with Gasteiger partial charge in [0.25, 0.3) is 11.5 Å². The molecule has 0 aliphatic rings. The van der Waals surface area contributed by atoms with E-state index in [-0.39, 0.29) is 16.8 Å². The first-order valence-corrected chi connectivity index (χ1v) is 7.59. The highest BCUT2D eigenvalue weighted by atomic mass is 16.3. The number of anilines is 1. The molecule has 2 heterocycles. The van der Waals surface area contributed by atoms with Crippen molar-refractivity contribution in [3.05, 3.63) is 64.6 Å². The zero-order valence-electron chi connectivity index (χ0n) is 13.4. The molecule has 0 unspecified atom stereocenters. The molecule has 6 nitrogen and oxygen atoms in total. The molecule has 1 aromatic carbocycles. The topological polar surface area (TPSA) is 75.4 Å². The third kappa shape index (κ3) is 2.42. The Morgan fingerprint density at radius 3 is 2.58 bits per heavy atom. The predicted octanol–water partition coefficient (Wildman–Crippen LogP) is 2.31. The van der Waals surface area contributed by atoms with E-state index in [0.717, 1.165) is 0 Å². The summed E-state index contributed by atoms with van der Waals surface area (Å²) in [5.41, 5.74) is 0.542. The fraction of sp³-hybridized carbons (Fsp3) is 0.167. The van der Waals surface area contributed by atoms with Gasteiger partial charge in [-0.1, -0.05) is 18.2 Å². The summed E-state index contributed by atoms with van der Waals surface area (Å²) in [7, 11) is 1.56. The number of amides is 1. The molecule has 0 fully saturated rings. The number of nitrogens with zero attached hydrogens (tertiary/aromatic N) is 3.